The van der Waals surface area contributed by atoms with Crippen LogP contribution >= 0.6 is 0 Å². The lowest BCUT2D eigenvalue weighted by Gasteiger charge is -2.39. The average Bonchev–Trinajstić information content (AvgIpc) is 2.71. The van der Waals surface area contributed by atoms with Crippen LogP contribution in [0.3, 0.4) is 0 Å². The number of carboxylic acid groups (broad SMARTS) is 1. The quantitative estimate of drug-likeness (QED) is 0.834. The summed E-state index contributed by atoms with van der Waals surface area (Å²) in [4.78, 5) is 11.4. The van der Waals surface area contributed by atoms with Gasteiger partial charge in [0.1, 0.15) is 17.4 Å². The minimum Gasteiger partial charge on any atom is -0.489 e. The molecule has 0 aromatic heterocycles. The standard InChI is InChI=1S/C17H23NO3/c1-16(2)10-6-7-17(16,3)14(8-10)21-13-9-11(18)4-5-12(13)15(19)20/h4-5,9-10,14H,6-8,18H2,1-3H3,(H,19,20). The fourth-order valence-electron chi connectivity index (χ4n) is 4.27. The summed E-state index contributed by atoms with van der Waals surface area (Å²) >= 11 is 0. The number of aromatic carboxylic acids is 1. The maximum absolute atomic E-state index is 11.4. The number of hydrogen-bond acceptors (Lipinski definition) is 3. The Morgan fingerprint density at radius 1 is 1.38 bits per heavy atom. The number of rotatable bonds is 3. The average molecular weight is 289 g/mol. The van der Waals surface area contributed by atoms with Crippen molar-refractivity contribution >= 4 is 11.7 Å². The first-order valence-electron chi connectivity index (χ1n) is 7.55. The highest BCUT2D eigenvalue weighted by atomic mass is 16.5. The van der Waals surface area contributed by atoms with Gasteiger partial charge in [-0.15, -0.1) is 0 Å². The van der Waals surface area contributed by atoms with E-state index in [1.165, 1.54) is 12.5 Å². The molecular formula is C17H23NO3. The molecular weight excluding hydrogens is 266 g/mol. The van der Waals surface area contributed by atoms with Gasteiger partial charge in [0.25, 0.3) is 0 Å². The van der Waals surface area contributed by atoms with Gasteiger partial charge >= 0.3 is 5.97 Å². The molecule has 0 amide bonds. The second-order valence-electron chi connectivity index (χ2n) is 7.28. The zero-order valence-corrected chi connectivity index (χ0v) is 12.8. The number of benzene rings is 1. The lowest BCUT2D eigenvalue weighted by atomic mass is 9.70. The topological polar surface area (TPSA) is 72.5 Å². The van der Waals surface area contributed by atoms with Crippen LogP contribution in [0.15, 0.2) is 18.2 Å². The van der Waals surface area contributed by atoms with Gasteiger partial charge in [-0.2, -0.15) is 0 Å². The molecule has 2 aliphatic carbocycles. The Bertz CT molecular complexity index is 596. The molecule has 0 saturated heterocycles. The van der Waals surface area contributed by atoms with Gasteiger partial charge in [-0.1, -0.05) is 20.8 Å². The van der Waals surface area contributed by atoms with Crippen molar-refractivity contribution in [2.45, 2.75) is 46.1 Å². The molecule has 3 atom stereocenters. The molecule has 2 saturated carbocycles. The highest BCUT2D eigenvalue weighted by Crippen LogP contribution is 2.66. The van der Waals surface area contributed by atoms with E-state index in [4.69, 9.17) is 10.5 Å². The SMILES string of the molecule is CC1(C)C2CCC1(C)C(Oc1cc(N)ccc1C(=O)O)C2. The molecule has 114 valence electrons. The number of fused-ring (bicyclic) bond motifs is 2. The smallest absolute Gasteiger partial charge is 0.339 e. The lowest BCUT2D eigenvalue weighted by molar-refractivity contribution is 0.0289. The number of nitrogens with two attached hydrogens (primary N) is 1. The summed E-state index contributed by atoms with van der Waals surface area (Å²) in [6.45, 7) is 6.90. The monoisotopic (exact) mass is 289 g/mol. The van der Waals surface area contributed by atoms with Gasteiger partial charge in [-0.05, 0) is 42.7 Å². The highest BCUT2D eigenvalue weighted by molar-refractivity contribution is 5.91. The number of carbonyl (C=O) groups is 1. The second-order valence-corrected chi connectivity index (χ2v) is 7.28. The van der Waals surface area contributed by atoms with Crippen LogP contribution in [0.2, 0.25) is 0 Å². The summed E-state index contributed by atoms with van der Waals surface area (Å²) in [7, 11) is 0. The maximum atomic E-state index is 11.4. The van der Waals surface area contributed by atoms with E-state index in [0.717, 1.165) is 12.8 Å². The van der Waals surface area contributed by atoms with E-state index in [2.05, 4.69) is 20.8 Å². The van der Waals surface area contributed by atoms with E-state index in [0.29, 0.717) is 17.4 Å². The molecule has 21 heavy (non-hydrogen) atoms. The van der Waals surface area contributed by atoms with E-state index in [1.807, 2.05) is 0 Å². The van der Waals surface area contributed by atoms with Gasteiger partial charge in [-0.3, -0.25) is 0 Å². The van der Waals surface area contributed by atoms with Crippen molar-refractivity contribution in [1.82, 2.24) is 0 Å². The summed E-state index contributed by atoms with van der Waals surface area (Å²) in [6.07, 6.45) is 3.44. The van der Waals surface area contributed by atoms with E-state index in [-0.39, 0.29) is 22.5 Å². The van der Waals surface area contributed by atoms with Gasteiger partial charge in [0.15, 0.2) is 0 Å². The largest absolute Gasteiger partial charge is 0.489 e. The van der Waals surface area contributed by atoms with Gasteiger partial charge in [0, 0.05) is 17.2 Å². The summed E-state index contributed by atoms with van der Waals surface area (Å²) in [5, 5.41) is 9.31. The summed E-state index contributed by atoms with van der Waals surface area (Å²) in [5.74, 6) is 0.0801. The van der Waals surface area contributed by atoms with E-state index < -0.39 is 5.97 Å². The summed E-state index contributed by atoms with van der Waals surface area (Å²) in [5.41, 5.74) is 6.84. The van der Waals surface area contributed by atoms with Crippen LogP contribution < -0.4 is 10.5 Å². The predicted octanol–water partition coefficient (Wildman–Crippen LogP) is 3.56. The molecule has 3 N–H and O–H groups in total. The first-order valence-corrected chi connectivity index (χ1v) is 7.55. The molecule has 2 bridgehead atoms. The first-order chi connectivity index (χ1) is 9.75. The summed E-state index contributed by atoms with van der Waals surface area (Å²) < 4.78 is 6.16. The second kappa shape index (κ2) is 4.39. The number of nitrogen functional groups attached to an aromatic ring is 1. The Morgan fingerprint density at radius 2 is 2.10 bits per heavy atom. The van der Waals surface area contributed by atoms with Crippen molar-refractivity contribution in [3.63, 3.8) is 0 Å². The van der Waals surface area contributed by atoms with Crippen molar-refractivity contribution in [3.8, 4) is 5.75 Å². The van der Waals surface area contributed by atoms with Crippen LogP contribution in [0.1, 0.15) is 50.4 Å². The van der Waals surface area contributed by atoms with Gasteiger partial charge in [-0.25, -0.2) is 4.79 Å². The van der Waals surface area contributed by atoms with E-state index in [9.17, 15) is 9.90 Å². The molecule has 3 unspecified atom stereocenters. The molecule has 1 aromatic rings. The zero-order chi connectivity index (χ0) is 15.4. The highest BCUT2D eigenvalue weighted by Gasteiger charge is 2.62. The van der Waals surface area contributed by atoms with Gasteiger partial charge in [0.2, 0.25) is 0 Å². The molecule has 0 heterocycles. The third-order valence-electron chi connectivity index (χ3n) is 6.22. The Hall–Kier alpha value is -1.71. The Balaban J connectivity index is 1.92. The lowest BCUT2D eigenvalue weighted by Crippen LogP contribution is -2.39. The third-order valence-corrected chi connectivity index (χ3v) is 6.22. The summed E-state index contributed by atoms with van der Waals surface area (Å²) in [6, 6.07) is 4.75. The van der Waals surface area contributed by atoms with Gasteiger partial charge < -0.3 is 15.6 Å². The maximum Gasteiger partial charge on any atom is 0.339 e. The zero-order valence-electron chi connectivity index (χ0n) is 12.8. The molecule has 4 nitrogen and oxygen atoms in total. The Morgan fingerprint density at radius 3 is 2.62 bits per heavy atom. The Labute approximate surface area is 125 Å². The van der Waals surface area contributed by atoms with E-state index >= 15 is 0 Å². The molecule has 4 heteroatoms. The third kappa shape index (κ3) is 1.92. The Kier molecular flexibility index (Phi) is 2.98. The predicted molar refractivity (Wildman–Crippen MR) is 81.5 cm³/mol. The van der Waals surface area contributed by atoms with Crippen molar-refractivity contribution < 1.29 is 14.6 Å². The van der Waals surface area contributed by atoms with E-state index in [1.54, 1.807) is 12.1 Å². The fraction of sp³-hybridized carbons (Fsp3) is 0.588. The van der Waals surface area contributed by atoms with Crippen LogP contribution in [0.5, 0.6) is 5.75 Å². The van der Waals surface area contributed by atoms with Crippen molar-refractivity contribution in [1.29, 1.82) is 0 Å². The molecule has 3 rings (SSSR count). The minimum atomic E-state index is -0.974. The molecule has 2 fully saturated rings. The van der Waals surface area contributed by atoms with Crippen LogP contribution in [-0.2, 0) is 0 Å². The van der Waals surface area contributed by atoms with Gasteiger partial charge in [0.05, 0.1) is 0 Å². The normalized spacial score (nSPS) is 33.1. The van der Waals surface area contributed by atoms with Crippen LogP contribution in [0.25, 0.3) is 0 Å². The van der Waals surface area contributed by atoms with Crippen molar-refractivity contribution in [3.05, 3.63) is 23.8 Å². The molecule has 2 aliphatic rings. The number of ether oxygens (including phenoxy) is 1. The molecule has 0 aliphatic heterocycles. The van der Waals surface area contributed by atoms with Crippen molar-refractivity contribution in [2.24, 2.45) is 16.7 Å². The molecule has 1 aromatic carbocycles. The fourth-order valence-corrected chi connectivity index (χ4v) is 4.27. The first kappa shape index (κ1) is 14.2. The number of hydrogen-bond donors (Lipinski definition) is 2. The number of carboxylic acids is 1. The van der Waals surface area contributed by atoms with Crippen LogP contribution in [0, 0.1) is 16.7 Å². The number of anilines is 1. The van der Waals surface area contributed by atoms with Crippen LogP contribution in [-0.4, -0.2) is 17.2 Å². The molecule has 0 radical (unpaired) electrons. The minimum absolute atomic E-state index is 0.0612. The van der Waals surface area contributed by atoms with Crippen LogP contribution in [0.4, 0.5) is 5.69 Å². The molecule has 0 spiro atoms. The van der Waals surface area contributed by atoms with Crippen molar-refractivity contribution in [2.75, 3.05) is 5.73 Å².